The van der Waals surface area contributed by atoms with Gasteiger partial charge in [-0.05, 0) is 18.6 Å². The van der Waals surface area contributed by atoms with Crippen LogP contribution in [0.4, 0.5) is 0 Å². The molecule has 1 atom stereocenters. The first-order valence-electron chi connectivity index (χ1n) is 5.35. The zero-order chi connectivity index (χ0) is 11.2. The molecule has 0 N–H and O–H groups in total. The largest absolute Gasteiger partial charge is 0.458 e. The Morgan fingerprint density at radius 3 is 2.81 bits per heavy atom. The smallest absolute Gasteiger partial charge is 0.338 e. The summed E-state index contributed by atoms with van der Waals surface area (Å²) in [6.07, 6.45) is 5.13. The lowest BCUT2D eigenvalue weighted by molar-refractivity contribution is 0.0549. The Labute approximate surface area is 94.7 Å². The highest BCUT2D eigenvalue weighted by atomic mass is 16.6. The van der Waals surface area contributed by atoms with Crippen molar-refractivity contribution in [3.05, 3.63) is 48.0 Å². The van der Waals surface area contributed by atoms with Gasteiger partial charge in [0.05, 0.1) is 18.3 Å². The minimum absolute atomic E-state index is 0.284. The van der Waals surface area contributed by atoms with Crippen LogP contribution in [0.25, 0.3) is 0 Å². The predicted octanol–water partition coefficient (Wildman–Crippen LogP) is 2.19. The fourth-order valence-electron chi connectivity index (χ4n) is 1.30. The molecular formula is C13H14O3. The van der Waals surface area contributed by atoms with Crippen molar-refractivity contribution in [1.82, 2.24) is 0 Å². The standard InChI is InChI=1S/C13H14O3/c14-13(11-6-2-1-3-7-11)15-9-5-4-8-12-10-16-12/h1-7,12H,8-10H2/b5-4+. The van der Waals surface area contributed by atoms with Crippen molar-refractivity contribution in [1.29, 1.82) is 0 Å². The first-order chi connectivity index (χ1) is 7.86. The third-order valence-electron chi connectivity index (χ3n) is 2.29. The summed E-state index contributed by atoms with van der Waals surface area (Å²) < 4.78 is 10.1. The van der Waals surface area contributed by atoms with E-state index in [2.05, 4.69) is 0 Å². The molecule has 0 saturated carbocycles. The summed E-state index contributed by atoms with van der Waals surface area (Å²) in [5.41, 5.74) is 0.585. The Morgan fingerprint density at radius 1 is 1.38 bits per heavy atom. The van der Waals surface area contributed by atoms with Gasteiger partial charge in [0, 0.05) is 0 Å². The minimum atomic E-state index is -0.284. The quantitative estimate of drug-likeness (QED) is 0.432. The van der Waals surface area contributed by atoms with Crippen LogP contribution in [0.15, 0.2) is 42.5 Å². The van der Waals surface area contributed by atoms with Gasteiger partial charge in [-0.3, -0.25) is 0 Å². The van der Waals surface area contributed by atoms with Gasteiger partial charge in [0.2, 0.25) is 0 Å². The maximum Gasteiger partial charge on any atom is 0.338 e. The third-order valence-corrected chi connectivity index (χ3v) is 2.29. The number of esters is 1. The summed E-state index contributed by atoms with van der Waals surface area (Å²) >= 11 is 0. The minimum Gasteiger partial charge on any atom is -0.458 e. The summed E-state index contributed by atoms with van der Waals surface area (Å²) in [6, 6.07) is 8.98. The maximum atomic E-state index is 11.5. The average Bonchev–Trinajstić information content (AvgIpc) is 3.13. The lowest BCUT2D eigenvalue weighted by Gasteiger charge is -2.00. The average molecular weight is 218 g/mol. The molecule has 1 heterocycles. The molecule has 1 saturated heterocycles. The molecule has 1 aromatic rings. The first kappa shape index (κ1) is 10.9. The lowest BCUT2D eigenvalue weighted by Crippen LogP contribution is -2.04. The molecule has 1 aliphatic heterocycles. The number of hydrogen-bond donors (Lipinski definition) is 0. The second-order valence-corrected chi connectivity index (χ2v) is 3.63. The topological polar surface area (TPSA) is 38.8 Å². The van der Waals surface area contributed by atoms with Gasteiger partial charge < -0.3 is 9.47 Å². The molecule has 1 unspecified atom stereocenters. The summed E-state index contributed by atoms with van der Waals surface area (Å²) in [6.45, 7) is 1.18. The van der Waals surface area contributed by atoms with Crippen molar-refractivity contribution in [2.45, 2.75) is 12.5 Å². The summed E-state index contributed by atoms with van der Waals surface area (Å²) in [4.78, 5) is 11.5. The van der Waals surface area contributed by atoms with Gasteiger partial charge in [-0.15, -0.1) is 0 Å². The molecule has 1 aliphatic rings. The number of benzene rings is 1. The lowest BCUT2D eigenvalue weighted by atomic mass is 10.2. The van der Waals surface area contributed by atoms with E-state index in [0.29, 0.717) is 18.3 Å². The molecule has 1 fully saturated rings. The van der Waals surface area contributed by atoms with Crippen molar-refractivity contribution in [3.8, 4) is 0 Å². The SMILES string of the molecule is O=C(OC/C=C/CC1CO1)c1ccccc1. The van der Waals surface area contributed by atoms with Gasteiger partial charge in [-0.2, -0.15) is 0 Å². The zero-order valence-corrected chi connectivity index (χ0v) is 8.96. The number of ether oxygens (including phenoxy) is 2. The van der Waals surface area contributed by atoms with Crippen LogP contribution in [0, 0.1) is 0 Å². The van der Waals surface area contributed by atoms with E-state index in [1.165, 1.54) is 0 Å². The monoisotopic (exact) mass is 218 g/mol. The van der Waals surface area contributed by atoms with Crippen LogP contribution < -0.4 is 0 Å². The van der Waals surface area contributed by atoms with Crippen molar-refractivity contribution >= 4 is 5.97 Å². The van der Waals surface area contributed by atoms with Crippen LogP contribution in [0.2, 0.25) is 0 Å². The van der Waals surface area contributed by atoms with Crippen LogP contribution in [0.1, 0.15) is 16.8 Å². The van der Waals surface area contributed by atoms with Crippen LogP contribution >= 0.6 is 0 Å². The Balaban J connectivity index is 1.69. The molecule has 16 heavy (non-hydrogen) atoms. The van der Waals surface area contributed by atoms with Gasteiger partial charge in [-0.25, -0.2) is 4.79 Å². The van der Waals surface area contributed by atoms with Gasteiger partial charge in [0.15, 0.2) is 0 Å². The number of epoxide rings is 1. The van der Waals surface area contributed by atoms with Gasteiger partial charge in [0.25, 0.3) is 0 Å². The van der Waals surface area contributed by atoms with E-state index >= 15 is 0 Å². The number of carbonyl (C=O) groups excluding carboxylic acids is 1. The third kappa shape index (κ3) is 3.51. The van der Waals surface area contributed by atoms with Gasteiger partial charge in [0.1, 0.15) is 6.61 Å². The molecule has 84 valence electrons. The van der Waals surface area contributed by atoms with Crippen LogP contribution in [0.3, 0.4) is 0 Å². The molecule has 0 radical (unpaired) electrons. The molecule has 3 heteroatoms. The fraction of sp³-hybridized carbons (Fsp3) is 0.308. The van der Waals surface area contributed by atoms with Gasteiger partial charge in [-0.1, -0.05) is 30.4 Å². The molecule has 3 nitrogen and oxygen atoms in total. The van der Waals surface area contributed by atoms with E-state index in [1.54, 1.807) is 12.1 Å². The zero-order valence-electron chi connectivity index (χ0n) is 8.96. The molecule has 0 aromatic heterocycles. The van der Waals surface area contributed by atoms with Crippen molar-refractivity contribution in [2.75, 3.05) is 13.2 Å². The first-order valence-corrected chi connectivity index (χ1v) is 5.35. The molecule has 0 spiro atoms. The normalized spacial score (nSPS) is 18.6. The molecule has 1 aromatic carbocycles. The van der Waals surface area contributed by atoms with E-state index in [4.69, 9.17) is 9.47 Å². The Morgan fingerprint density at radius 2 is 2.12 bits per heavy atom. The van der Waals surface area contributed by atoms with E-state index in [0.717, 1.165) is 13.0 Å². The maximum absolute atomic E-state index is 11.5. The highest BCUT2D eigenvalue weighted by Gasteiger charge is 2.19. The second-order valence-electron chi connectivity index (χ2n) is 3.63. The van der Waals surface area contributed by atoms with E-state index < -0.39 is 0 Å². The highest BCUT2D eigenvalue weighted by molar-refractivity contribution is 5.89. The molecule has 0 amide bonds. The van der Waals surface area contributed by atoms with Crippen LogP contribution in [-0.2, 0) is 9.47 Å². The van der Waals surface area contributed by atoms with Crippen molar-refractivity contribution in [3.63, 3.8) is 0 Å². The molecule has 0 aliphatic carbocycles. The van der Waals surface area contributed by atoms with Crippen molar-refractivity contribution < 1.29 is 14.3 Å². The van der Waals surface area contributed by atoms with E-state index in [-0.39, 0.29) is 5.97 Å². The van der Waals surface area contributed by atoms with Crippen LogP contribution in [-0.4, -0.2) is 25.3 Å². The highest BCUT2D eigenvalue weighted by Crippen LogP contribution is 2.13. The summed E-state index contributed by atoms with van der Waals surface area (Å²) in [5, 5.41) is 0. The number of carbonyl (C=O) groups is 1. The van der Waals surface area contributed by atoms with E-state index in [9.17, 15) is 4.79 Å². The molecular weight excluding hydrogens is 204 g/mol. The van der Waals surface area contributed by atoms with Crippen molar-refractivity contribution in [2.24, 2.45) is 0 Å². The predicted molar refractivity (Wildman–Crippen MR) is 60.2 cm³/mol. The van der Waals surface area contributed by atoms with E-state index in [1.807, 2.05) is 30.4 Å². The summed E-state index contributed by atoms with van der Waals surface area (Å²) in [5.74, 6) is -0.284. The second kappa shape index (κ2) is 5.47. The molecule has 2 rings (SSSR count). The number of rotatable bonds is 5. The fourth-order valence-corrected chi connectivity index (χ4v) is 1.30. The Bertz CT molecular complexity index is 366. The Kier molecular flexibility index (Phi) is 3.72. The van der Waals surface area contributed by atoms with Gasteiger partial charge >= 0.3 is 5.97 Å². The Hall–Kier alpha value is -1.61. The molecule has 0 bridgehead atoms. The number of hydrogen-bond acceptors (Lipinski definition) is 3. The van der Waals surface area contributed by atoms with Crippen LogP contribution in [0.5, 0.6) is 0 Å². The summed E-state index contributed by atoms with van der Waals surface area (Å²) in [7, 11) is 0.